The lowest BCUT2D eigenvalue weighted by Crippen LogP contribution is -2.05. The average molecular weight is 217 g/mol. The third kappa shape index (κ3) is 3.41. The summed E-state index contributed by atoms with van der Waals surface area (Å²) < 4.78 is 0. The Bertz CT molecular complexity index is 367. The minimum absolute atomic E-state index is 0.536. The summed E-state index contributed by atoms with van der Waals surface area (Å²) >= 11 is 0. The van der Waals surface area contributed by atoms with Crippen LogP contribution in [-0.4, -0.2) is 0 Å². The van der Waals surface area contributed by atoms with E-state index in [2.05, 4.69) is 52.0 Å². The van der Waals surface area contributed by atoms with Gasteiger partial charge in [0.05, 0.1) is 0 Å². The summed E-state index contributed by atoms with van der Waals surface area (Å²) in [4.78, 5) is 0. The van der Waals surface area contributed by atoms with Crippen LogP contribution >= 0.6 is 0 Å². The van der Waals surface area contributed by atoms with Crippen LogP contribution in [0.2, 0.25) is 0 Å². The van der Waals surface area contributed by atoms with Gasteiger partial charge in [0, 0.05) is 12.1 Å². The van der Waals surface area contributed by atoms with Gasteiger partial charge in [-0.3, -0.25) is 0 Å². The first-order valence-electron chi connectivity index (χ1n) is 6.05. The molecule has 0 aromatic carbocycles. The van der Waals surface area contributed by atoms with Gasteiger partial charge in [0.1, 0.15) is 0 Å². The molecule has 1 rings (SSSR count). The quantitative estimate of drug-likeness (QED) is 0.740. The molecular weight excluding hydrogens is 194 g/mol. The van der Waals surface area contributed by atoms with Gasteiger partial charge in [0.2, 0.25) is 0 Å². The van der Waals surface area contributed by atoms with Crippen molar-refractivity contribution in [1.82, 2.24) is 0 Å². The lowest BCUT2D eigenvalue weighted by molar-refractivity contribution is 0.756. The third-order valence-corrected chi connectivity index (χ3v) is 3.11. The highest BCUT2D eigenvalue weighted by molar-refractivity contribution is 5.37. The first kappa shape index (κ1) is 12.8. The Hall–Kier alpha value is -1.24. The monoisotopic (exact) mass is 217 g/mol. The van der Waals surface area contributed by atoms with Crippen LogP contribution in [-0.2, 0) is 0 Å². The number of allylic oxidation sites excluding steroid dienone is 7. The van der Waals surface area contributed by atoms with Gasteiger partial charge in [-0.25, -0.2) is 0 Å². The van der Waals surface area contributed by atoms with E-state index in [1.165, 1.54) is 16.7 Å². The molecule has 0 spiro atoms. The number of hydrogen-bond acceptors (Lipinski definition) is 1. The number of rotatable bonds is 2. The van der Waals surface area contributed by atoms with Gasteiger partial charge < -0.3 is 5.73 Å². The number of hydrogen-bond donors (Lipinski definition) is 1. The van der Waals surface area contributed by atoms with Crippen molar-refractivity contribution in [2.75, 3.05) is 0 Å². The van der Waals surface area contributed by atoms with E-state index in [1.54, 1.807) is 0 Å². The van der Waals surface area contributed by atoms with E-state index in [0.717, 1.165) is 18.5 Å². The van der Waals surface area contributed by atoms with Crippen LogP contribution in [0.25, 0.3) is 0 Å². The molecule has 0 saturated heterocycles. The fraction of sp³-hybridized carbons (Fsp3) is 0.467. The topological polar surface area (TPSA) is 26.0 Å². The molecule has 0 aromatic heterocycles. The second-order valence-electron chi connectivity index (χ2n) is 4.54. The average Bonchev–Trinajstić information content (AvgIpc) is 2.23. The molecule has 1 aliphatic rings. The third-order valence-electron chi connectivity index (χ3n) is 3.11. The fourth-order valence-electron chi connectivity index (χ4n) is 2.01. The molecule has 0 amide bonds. The normalized spacial score (nSPS) is 32.6. The summed E-state index contributed by atoms with van der Waals surface area (Å²) in [6.45, 7) is 8.58. The number of nitrogens with two attached hydrogens (primary N) is 1. The summed E-state index contributed by atoms with van der Waals surface area (Å²) in [5.41, 5.74) is 11.0. The SMILES string of the molecule is C/C=C(C)/C1=C/C(CC)/C=C(C)\C=C(\N)C1. The zero-order valence-electron chi connectivity index (χ0n) is 10.9. The zero-order valence-corrected chi connectivity index (χ0v) is 10.9. The van der Waals surface area contributed by atoms with Gasteiger partial charge in [-0.1, -0.05) is 36.3 Å². The summed E-state index contributed by atoms with van der Waals surface area (Å²) in [5.74, 6) is 0.536. The molecule has 1 heteroatoms. The lowest BCUT2D eigenvalue weighted by Gasteiger charge is -2.16. The largest absolute Gasteiger partial charge is 0.402 e. The molecule has 1 aliphatic carbocycles. The van der Waals surface area contributed by atoms with E-state index in [0.29, 0.717) is 5.92 Å². The van der Waals surface area contributed by atoms with E-state index < -0.39 is 0 Å². The van der Waals surface area contributed by atoms with Crippen LogP contribution in [0.5, 0.6) is 0 Å². The molecule has 0 radical (unpaired) electrons. The lowest BCUT2D eigenvalue weighted by atomic mass is 9.91. The Morgan fingerprint density at radius 2 is 2.19 bits per heavy atom. The maximum atomic E-state index is 6.02. The molecule has 0 saturated carbocycles. The van der Waals surface area contributed by atoms with Crippen molar-refractivity contribution in [3.63, 3.8) is 0 Å². The van der Waals surface area contributed by atoms with Crippen LogP contribution in [0, 0.1) is 5.92 Å². The Kier molecular flexibility index (Phi) is 4.60. The molecular formula is C15H23N. The maximum absolute atomic E-state index is 6.02. The molecule has 2 N–H and O–H groups in total. The van der Waals surface area contributed by atoms with Crippen molar-refractivity contribution in [2.45, 2.75) is 40.5 Å². The summed E-state index contributed by atoms with van der Waals surface area (Å²) in [5, 5.41) is 0. The fourth-order valence-corrected chi connectivity index (χ4v) is 2.01. The molecule has 0 heterocycles. The van der Waals surface area contributed by atoms with Crippen molar-refractivity contribution in [2.24, 2.45) is 11.7 Å². The van der Waals surface area contributed by atoms with Crippen LogP contribution in [0.15, 0.2) is 46.7 Å². The van der Waals surface area contributed by atoms with E-state index in [9.17, 15) is 0 Å². The van der Waals surface area contributed by atoms with Crippen LogP contribution in [0.4, 0.5) is 0 Å². The maximum Gasteiger partial charge on any atom is 0.0127 e. The molecule has 1 atom stereocenters. The first-order valence-corrected chi connectivity index (χ1v) is 6.05. The Labute approximate surface area is 99.4 Å². The highest BCUT2D eigenvalue weighted by Crippen LogP contribution is 2.24. The summed E-state index contributed by atoms with van der Waals surface area (Å²) in [7, 11) is 0. The highest BCUT2D eigenvalue weighted by Gasteiger charge is 2.09. The Balaban J connectivity index is 3.11. The first-order chi connectivity index (χ1) is 7.56. The molecule has 0 bridgehead atoms. The van der Waals surface area contributed by atoms with Gasteiger partial charge in [0.15, 0.2) is 0 Å². The van der Waals surface area contributed by atoms with E-state index in [1.807, 2.05) is 0 Å². The molecule has 0 fully saturated rings. The van der Waals surface area contributed by atoms with Crippen molar-refractivity contribution >= 4 is 0 Å². The van der Waals surface area contributed by atoms with Gasteiger partial charge in [0.25, 0.3) is 0 Å². The van der Waals surface area contributed by atoms with Crippen LogP contribution in [0.3, 0.4) is 0 Å². The predicted octanol–water partition coefficient (Wildman–Crippen LogP) is 4.10. The Morgan fingerprint density at radius 1 is 1.50 bits per heavy atom. The van der Waals surface area contributed by atoms with Crippen LogP contribution < -0.4 is 5.73 Å². The van der Waals surface area contributed by atoms with Crippen molar-refractivity contribution in [3.8, 4) is 0 Å². The van der Waals surface area contributed by atoms with E-state index in [-0.39, 0.29) is 0 Å². The van der Waals surface area contributed by atoms with Crippen molar-refractivity contribution in [1.29, 1.82) is 0 Å². The minimum atomic E-state index is 0.536. The van der Waals surface area contributed by atoms with Gasteiger partial charge in [-0.2, -0.15) is 0 Å². The molecule has 0 aliphatic heterocycles. The smallest absolute Gasteiger partial charge is 0.0127 e. The second kappa shape index (κ2) is 5.74. The summed E-state index contributed by atoms with van der Waals surface area (Å²) in [6, 6.07) is 0. The second-order valence-corrected chi connectivity index (χ2v) is 4.54. The summed E-state index contributed by atoms with van der Waals surface area (Å²) in [6.07, 6.45) is 10.9. The molecule has 1 nitrogen and oxygen atoms in total. The van der Waals surface area contributed by atoms with Crippen molar-refractivity contribution < 1.29 is 0 Å². The van der Waals surface area contributed by atoms with Crippen LogP contribution in [0.1, 0.15) is 40.5 Å². The molecule has 1 unspecified atom stereocenters. The molecule has 88 valence electrons. The van der Waals surface area contributed by atoms with Gasteiger partial charge >= 0.3 is 0 Å². The van der Waals surface area contributed by atoms with Gasteiger partial charge in [-0.15, -0.1) is 0 Å². The Morgan fingerprint density at radius 3 is 2.75 bits per heavy atom. The van der Waals surface area contributed by atoms with Crippen molar-refractivity contribution in [3.05, 3.63) is 46.7 Å². The zero-order chi connectivity index (χ0) is 12.1. The molecule has 0 aromatic rings. The standard InChI is InChI=1S/C15H23N/c1-5-12(4)14-9-13(6-2)7-11(3)8-15(16)10-14/h5,7-9,13H,6,10,16H2,1-4H3/b11-7-,12-5+,14-9+,15-8+. The molecule has 16 heavy (non-hydrogen) atoms. The van der Waals surface area contributed by atoms with E-state index in [4.69, 9.17) is 5.73 Å². The highest BCUT2D eigenvalue weighted by atomic mass is 14.6. The minimum Gasteiger partial charge on any atom is -0.402 e. The van der Waals surface area contributed by atoms with Gasteiger partial charge in [-0.05, 0) is 44.8 Å². The predicted molar refractivity (Wildman–Crippen MR) is 71.9 cm³/mol. The van der Waals surface area contributed by atoms with E-state index >= 15 is 0 Å².